The minimum Gasteiger partial charge on any atom is -0.476 e. The highest BCUT2D eigenvalue weighted by atomic mass is 79.9. The number of rotatable bonds is 5. The van der Waals surface area contributed by atoms with E-state index in [9.17, 15) is 4.39 Å². The Morgan fingerprint density at radius 1 is 1.29 bits per heavy atom. The van der Waals surface area contributed by atoms with Crippen LogP contribution in [0.2, 0.25) is 0 Å². The fourth-order valence-corrected chi connectivity index (χ4v) is 2.00. The Hall–Kier alpha value is -1.82. The molecule has 0 bridgehead atoms. The van der Waals surface area contributed by atoms with Crippen LogP contribution in [-0.4, -0.2) is 11.6 Å². The molecule has 1 aromatic heterocycles. The van der Waals surface area contributed by atoms with Crippen molar-refractivity contribution in [2.45, 2.75) is 13.8 Å². The molecular formula is C15H16BrFN2O2. The first-order chi connectivity index (χ1) is 9.94. The third-order valence-corrected chi connectivity index (χ3v) is 2.93. The largest absolute Gasteiger partial charge is 0.476 e. The van der Waals surface area contributed by atoms with Crippen LogP contribution in [0.3, 0.4) is 0 Å². The van der Waals surface area contributed by atoms with Crippen LogP contribution < -0.4 is 15.2 Å². The van der Waals surface area contributed by atoms with Gasteiger partial charge in [-0.1, -0.05) is 29.8 Å². The van der Waals surface area contributed by atoms with Gasteiger partial charge < -0.3 is 15.2 Å². The standard InChI is InChI=1S/C15H16BrFN2O2/c1-9(2)8-20-15-13(18)3-4-14(19-15)21-12-6-10(16)5-11(17)7-12/h3-7,9H,8,18H2,1-2H3. The van der Waals surface area contributed by atoms with E-state index in [1.165, 1.54) is 12.1 Å². The van der Waals surface area contributed by atoms with Gasteiger partial charge in [0.2, 0.25) is 11.8 Å². The molecule has 21 heavy (non-hydrogen) atoms. The number of aromatic nitrogens is 1. The zero-order valence-corrected chi connectivity index (χ0v) is 13.4. The first-order valence-corrected chi connectivity index (χ1v) is 7.26. The molecule has 0 amide bonds. The number of ether oxygens (including phenoxy) is 2. The molecule has 0 aliphatic carbocycles. The van der Waals surface area contributed by atoms with E-state index >= 15 is 0 Å². The molecule has 6 heteroatoms. The van der Waals surface area contributed by atoms with Gasteiger partial charge in [0.05, 0.1) is 12.3 Å². The normalized spacial score (nSPS) is 10.7. The Kier molecular flexibility index (Phi) is 5.01. The van der Waals surface area contributed by atoms with Crippen molar-refractivity contribution in [3.8, 4) is 17.5 Å². The summed E-state index contributed by atoms with van der Waals surface area (Å²) in [6.07, 6.45) is 0. The van der Waals surface area contributed by atoms with Crippen molar-refractivity contribution >= 4 is 21.6 Å². The van der Waals surface area contributed by atoms with E-state index < -0.39 is 5.82 Å². The van der Waals surface area contributed by atoms with Crippen molar-refractivity contribution < 1.29 is 13.9 Å². The molecule has 4 nitrogen and oxygen atoms in total. The summed E-state index contributed by atoms with van der Waals surface area (Å²) in [6.45, 7) is 4.56. The molecule has 1 heterocycles. The van der Waals surface area contributed by atoms with Crippen molar-refractivity contribution in [2.75, 3.05) is 12.3 Å². The van der Waals surface area contributed by atoms with Crippen LogP contribution in [0.5, 0.6) is 17.5 Å². The summed E-state index contributed by atoms with van der Waals surface area (Å²) in [4.78, 5) is 4.19. The zero-order valence-electron chi connectivity index (χ0n) is 11.8. The molecule has 2 rings (SSSR count). The average molecular weight is 355 g/mol. The number of anilines is 1. The number of hydrogen-bond donors (Lipinski definition) is 1. The summed E-state index contributed by atoms with van der Waals surface area (Å²) in [7, 11) is 0. The summed E-state index contributed by atoms with van der Waals surface area (Å²) < 4.78 is 24.9. The third kappa shape index (κ3) is 4.60. The predicted molar refractivity (Wildman–Crippen MR) is 83.2 cm³/mol. The number of hydrogen-bond acceptors (Lipinski definition) is 4. The number of nitrogens with two attached hydrogens (primary N) is 1. The van der Waals surface area contributed by atoms with Crippen molar-refractivity contribution in [1.29, 1.82) is 0 Å². The van der Waals surface area contributed by atoms with E-state index in [1.807, 2.05) is 13.8 Å². The van der Waals surface area contributed by atoms with Gasteiger partial charge in [0.1, 0.15) is 11.6 Å². The number of nitrogen functional groups attached to an aromatic ring is 1. The van der Waals surface area contributed by atoms with Crippen LogP contribution >= 0.6 is 15.9 Å². The molecule has 0 saturated carbocycles. The molecule has 1 aromatic carbocycles. The van der Waals surface area contributed by atoms with Gasteiger partial charge in [-0.3, -0.25) is 0 Å². The lowest BCUT2D eigenvalue weighted by atomic mass is 10.2. The highest BCUT2D eigenvalue weighted by molar-refractivity contribution is 9.10. The van der Waals surface area contributed by atoms with Gasteiger partial charge in [-0.15, -0.1) is 0 Å². The maximum atomic E-state index is 13.3. The summed E-state index contributed by atoms with van der Waals surface area (Å²) in [6, 6.07) is 7.52. The molecule has 0 aliphatic rings. The van der Waals surface area contributed by atoms with Gasteiger partial charge in [-0.2, -0.15) is 4.98 Å². The molecule has 0 radical (unpaired) electrons. The van der Waals surface area contributed by atoms with E-state index in [4.69, 9.17) is 15.2 Å². The van der Waals surface area contributed by atoms with E-state index in [1.54, 1.807) is 18.2 Å². The molecular weight excluding hydrogens is 339 g/mol. The van der Waals surface area contributed by atoms with Gasteiger partial charge in [-0.25, -0.2) is 4.39 Å². The quantitative estimate of drug-likeness (QED) is 0.864. The number of nitrogens with zero attached hydrogens (tertiary/aromatic N) is 1. The molecule has 112 valence electrons. The second-order valence-corrected chi connectivity index (χ2v) is 5.87. The van der Waals surface area contributed by atoms with Gasteiger partial charge in [-0.05, 0) is 24.1 Å². The summed E-state index contributed by atoms with van der Waals surface area (Å²) >= 11 is 3.21. The average Bonchev–Trinajstić information content (AvgIpc) is 2.38. The SMILES string of the molecule is CC(C)COc1nc(Oc2cc(F)cc(Br)c2)ccc1N. The lowest BCUT2D eigenvalue weighted by Crippen LogP contribution is -2.07. The van der Waals surface area contributed by atoms with Crippen LogP contribution in [0.4, 0.5) is 10.1 Å². The highest BCUT2D eigenvalue weighted by Crippen LogP contribution is 2.28. The molecule has 0 spiro atoms. The lowest BCUT2D eigenvalue weighted by Gasteiger charge is -2.12. The first-order valence-electron chi connectivity index (χ1n) is 6.47. The van der Waals surface area contributed by atoms with E-state index in [2.05, 4.69) is 20.9 Å². The topological polar surface area (TPSA) is 57.4 Å². The fourth-order valence-electron chi connectivity index (χ4n) is 1.56. The zero-order chi connectivity index (χ0) is 15.4. The van der Waals surface area contributed by atoms with Crippen molar-refractivity contribution in [2.24, 2.45) is 5.92 Å². The molecule has 2 aromatic rings. The molecule has 0 unspecified atom stereocenters. The first kappa shape index (κ1) is 15.6. The minimum atomic E-state index is -0.397. The second kappa shape index (κ2) is 6.76. The Labute approximate surface area is 131 Å². The predicted octanol–water partition coefficient (Wildman–Crippen LogP) is 4.39. The molecule has 2 N–H and O–H groups in total. The van der Waals surface area contributed by atoms with Gasteiger partial charge >= 0.3 is 0 Å². The van der Waals surface area contributed by atoms with Gasteiger partial charge in [0.15, 0.2) is 0 Å². The minimum absolute atomic E-state index is 0.292. The molecule has 0 saturated heterocycles. The van der Waals surface area contributed by atoms with E-state index in [-0.39, 0.29) is 0 Å². The fraction of sp³-hybridized carbons (Fsp3) is 0.267. The molecule has 0 aliphatic heterocycles. The number of benzene rings is 1. The molecule has 0 atom stereocenters. The van der Waals surface area contributed by atoms with Gasteiger partial charge in [0, 0.05) is 16.6 Å². The van der Waals surface area contributed by atoms with Crippen LogP contribution in [0, 0.1) is 11.7 Å². The molecule has 0 fully saturated rings. The Balaban J connectivity index is 2.18. The number of pyridine rings is 1. The van der Waals surface area contributed by atoms with Crippen molar-refractivity contribution in [1.82, 2.24) is 4.98 Å². The van der Waals surface area contributed by atoms with Crippen LogP contribution in [0.15, 0.2) is 34.8 Å². The van der Waals surface area contributed by atoms with Crippen molar-refractivity contribution in [3.63, 3.8) is 0 Å². The summed E-state index contributed by atoms with van der Waals surface area (Å²) in [5.74, 6) is 0.909. The van der Waals surface area contributed by atoms with E-state index in [0.29, 0.717) is 40.2 Å². The lowest BCUT2D eigenvalue weighted by molar-refractivity contribution is 0.260. The van der Waals surface area contributed by atoms with Crippen LogP contribution in [0.1, 0.15) is 13.8 Å². The Morgan fingerprint density at radius 2 is 2.05 bits per heavy atom. The van der Waals surface area contributed by atoms with Crippen LogP contribution in [0.25, 0.3) is 0 Å². The van der Waals surface area contributed by atoms with Gasteiger partial charge in [0.25, 0.3) is 0 Å². The highest BCUT2D eigenvalue weighted by Gasteiger charge is 2.08. The summed E-state index contributed by atoms with van der Waals surface area (Å²) in [5, 5.41) is 0. The monoisotopic (exact) mass is 354 g/mol. The maximum Gasteiger partial charge on any atom is 0.240 e. The third-order valence-electron chi connectivity index (χ3n) is 2.48. The second-order valence-electron chi connectivity index (χ2n) is 4.96. The Bertz CT molecular complexity index is 615. The summed E-state index contributed by atoms with van der Waals surface area (Å²) in [5.41, 5.74) is 6.24. The maximum absolute atomic E-state index is 13.3. The van der Waals surface area contributed by atoms with E-state index in [0.717, 1.165) is 0 Å². The van der Waals surface area contributed by atoms with Crippen molar-refractivity contribution in [3.05, 3.63) is 40.6 Å². The smallest absolute Gasteiger partial charge is 0.240 e. The number of halogens is 2. The van der Waals surface area contributed by atoms with Crippen LogP contribution in [-0.2, 0) is 0 Å². The Morgan fingerprint density at radius 3 is 2.71 bits per heavy atom.